The highest BCUT2D eigenvalue weighted by atomic mass is 14.9. The SMILES string of the molecule is Cc1ccc(CNc2ccc(C#N)c(C#N)c2)cn1. The Morgan fingerprint density at radius 2 is 1.89 bits per heavy atom. The molecule has 1 heterocycles. The lowest BCUT2D eigenvalue weighted by Gasteiger charge is -2.07. The first-order chi connectivity index (χ1) is 9.22. The molecule has 0 aliphatic rings. The van der Waals surface area contributed by atoms with Gasteiger partial charge in [0.1, 0.15) is 12.1 Å². The minimum absolute atomic E-state index is 0.384. The van der Waals surface area contributed by atoms with E-state index in [1.54, 1.807) is 18.2 Å². The summed E-state index contributed by atoms with van der Waals surface area (Å²) >= 11 is 0. The van der Waals surface area contributed by atoms with Crippen LogP contribution in [0.1, 0.15) is 22.4 Å². The molecule has 2 aromatic rings. The van der Waals surface area contributed by atoms with Gasteiger partial charge in [-0.2, -0.15) is 10.5 Å². The molecule has 0 spiro atoms. The molecule has 0 aliphatic carbocycles. The van der Waals surface area contributed by atoms with Gasteiger partial charge in [0.25, 0.3) is 0 Å². The standard InChI is InChI=1S/C15H12N4/c1-11-2-3-12(9-18-11)10-19-15-5-4-13(7-16)14(6-15)8-17/h2-6,9,19H,10H2,1H3. The molecule has 0 saturated heterocycles. The zero-order chi connectivity index (χ0) is 13.7. The first kappa shape index (κ1) is 12.6. The molecule has 1 N–H and O–H groups in total. The van der Waals surface area contributed by atoms with Crippen LogP contribution in [0.15, 0.2) is 36.5 Å². The van der Waals surface area contributed by atoms with Crippen LogP contribution in [0.4, 0.5) is 5.69 Å². The van der Waals surface area contributed by atoms with Crippen molar-refractivity contribution >= 4 is 5.69 Å². The van der Waals surface area contributed by atoms with Crippen LogP contribution >= 0.6 is 0 Å². The van der Waals surface area contributed by atoms with E-state index in [0.717, 1.165) is 16.9 Å². The van der Waals surface area contributed by atoms with Crippen molar-refractivity contribution in [3.63, 3.8) is 0 Å². The summed E-state index contributed by atoms with van der Waals surface area (Å²) in [7, 11) is 0. The molecule has 0 unspecified atom stereocenters. The van der Waals surface area contributed by atoms with Crippen LogP contribution in [0, 0.1) is 29.6 Å². The van der Waals surface area contributed by atoms with E-state index in [4.69, 9.17) is 10.5 Å². The predicted molar refractivity (Wildman–Crippen MR) is 72.2 cm³/mol. The van der Waals surface area contributed by atoms with Crippen molar-refractivity contribution < 1.29 is 0 Å². The van der Waals surface area contributed by atoms with Gasteiger partial charge >= 0.3 is 0 Å². The Balaban J connectivity index is 2.10. The van der Waals surface area contributed by atoms with Crippen molar-refractivity contribution in [2.45, 2.75) is 13.5 Å². The molecular weight excluding hydrogens is 236 g/mol. The Morgan fingerprint density at radius 3 is 2.53 bits per heavy atom. The van der Waals surface area contributed by atoms with Crippen LogP contribution < -0.4 is 5.32 Å². The van der Waals surface area contributed by atoms with Gasteiger partial charge in [-0.1, -0.05) is 6.07 Å². The Labute approximate surface area is 112 Å². The van der Waals surface area contributed by atoms with Crippen molar-refractivity contribution in [3.05, 3.63) is 58.9 Å². The Bertz CT molecular complexity index is 660. The number of aromatic nitrogens is 1. The highest BCUT2D eigenvalue weighted by Crippen LogP contribution is 2.15. The molecule has 4 heteroatoms. The summed E-state index contributed by atoms with van der Waals surface area (Å²) in [6, 6.07) is 13.1. The molecule has 0 amide bonds. The predicted octanol–water partition coefficient (Wildman–Crippen LogP) is 2.75. The lowest BCUT2D eigenvalue weighted by molar-refractivity contribution is 1.08. The summed E-state index contributed by atoms with van der Waals surface area (Å²) in [5, 5.41) is 21.0. The second-order valence-electron chi connectivity index (χ2n) is 4.15. The summed E-state index contributed by atoms with van der Waals surface area (Å²) in [5.74, 6) is 0. The molecule has 0 atom stereocenters. The summed E-state index contributed by atoms with van der Waals surface area (Å²) in [5.41, 5.74) is 3.64. The molecule has 4 nitrogen and oxygen atoms in total. The van der Waals surface area contributed by atoms with Gasteiger partial charge in [0.05, 0.1) is 11.1 Å². The molecule has 0 bridgehead atoms. The van der Waals surface area contributed by atoms with Gasteiger partial charge < -0.3 is 5.32 Å². The molecule has 0 fully saturated rings. The number of nitriles is 2. The van der Waals surface area contributed by atoms with E-state index in [2.05, 4.69) is 10.3 Å². The fourth-order valence-corrected chi connectivity index (χ4v) is 1.65. The lowest BCUT2D eigenvalue weighted by Crippen LogP contribution is -2.00. The third-order valence-electron chi connectivity index (χ3n) is 2.73. The van der Waals surface area contributed by atoms with E-state index in [1.165, 1.54) is 0 Å². The number of anilines is 1. The van der Waals surface area contributed by atoms with Gasteiger partial charge in [-0.3, -0.25) is 4.98 Å². The minimum Gasteiger partial charge on any atom is -0.381 e. The topological polar surface area (TPSA) is 72.5 Å². The maximum atomic E-state index is 8.95. The van der Waals surface area contributed by atoms with Crippen molar-refractivity contribution in [2.24, 2.45) is 0 Å². The highest BCUT2D eigenvalue weighted by Gasteiger charge is 2.02. The quantitative estimate of drug-likeness (QED) is 0.906. The zero-order valence-corrected chi connectivity index (χ0v) is 10.5. The molecule has 19 heavy (non-hydrogen) atoms. The first-order valence-electron chi connectivity index (χ1n) is 5.82. The van der Waals surface area contributed by atoms with Crippen LogP contribution in [-0.2, 0) is 6.54 Å². The third-order valence-corrected chi connectivity index (χ3v) is 2.73. The van der Waals surface area contributed by atoms with Crippen molar-refractivity contribution in [1.29, 1.82) is 10.5 Å². The van der Waals surface area contributed by atoms with Crippen LogP contribution in [0.5, 0.6) is 0 Å². The number of pyridine rings is 1. The van der Waals surface area contributed by atoms with Crippen LogP contribution in [0.25, 0.3) is 0 Å². The average molecular weight is 248 g/mol. The number of benzene rings is 1. The van der Waals surface area contributed by atoms with Crippen molar-refractivity contribution in [1.82, 2.24) is 4.98 Å². The van der Waals surface area contributed by atoms with Gasteiger partial charge in [0, 0.05) is 24.1 Å². The van der Waals surface area contributed by atoms with E-state index < -0.39 is 0 Å². The van der Waals surface area contributed by atoms with Crippen LogP contribution in [0.3, 0.4) is 0 Å². The maximum absolute atomic E-state index is 8.95. The third kappa shape index (κ3) is 3.08. The first-order valence-corrected chi connectivity index (χ1v) is 5.82. The summed E-state index contributed by atoms with van der Waals surface area (Å²) in [6.07, 6.45) is 1.82. The largest absolute Gasteiger partial charge is 0.381 e. The van der Waals surface area contributed by atoms with Gasteiger partial charge in [-0.25, -0.2) is 0 Å². The fourth-order valence-electron chi connectivity index (χ4n) is 1.65. The Morgan fingerprint density at radius 1 is 1.11 bits per heavy atom. The molecular formula is C15H12N4. The summed E-state index contributed by atoms with van der Waals surface area (Å²) in [6.45, 7) is 2.57. The Hall–Kier alpha value is -2.85. The number of rotatable bonds is 3. The molecule has 92 valence electrons. The normalized spacial score (nSPS) is 9.42. The van der Waals surface area contributed by atoms with E-state index >= 15 is 0 Å². The van der Waals surface area contributed by atoms with Crippen molar-refractivity contribution in [2.75, 3.05) is 5.32 Å². The lowest BCUT2D eigenvalue weighted by atomic mass is 10.1. The van der Waals surface area contributed by atoms with Gasteiger partial charge in [-0.15, -0.1) is 0 Å². The fraction of sp³-hybridized carbons (Fsp3) is 0.133. The molecule has 0 saturated carbocycles. The molecule has 1 aromatic heterocycles. The zero-order valence-electron chi connectivity index (χ0n) is 10.5. The number of hydrogen-bond donors (Lipinski definition) is 1. The van der Waals surface area contributed by atoms with Crippen molar-refractivity contribution in [3.8, 4) is 12.1 Å². The number of hydrogen-bond acceptors (Lipinski definition) is 4. The second-order valence-corrected chi connectivity index (χ2v) is 4.15. The summed E-state index contributed by atoms with van der Waals surface area (Å²) in [4.78, 5) is 4.22. The van der Waals surface area contributed by atoms with Gasteiger partial charge in [0.15, 0.2) is 0 Å². The molecule has 0 aliphatic heterocycles. The smallest absolute Gasteiger partial charge is 0.101 e. The monoisotopic (exact) mass is 248 g/mol. The molecule has 2 rings (SSSR count). The molecule has 1 aromatic carbocycles. The average Bonchev–Trinajstić information content (AvgIpc) is 2.46. The van der Waals surface area contributed by atoms with Gasteiger partial charge in [0.2, 0.25) is 0 Å². The maximum Gasteiger partial charge on any atom is 0.101 e. The van der Waals surface area contributed by atoms with E-state index in [1.807, 2.05) is 37.4 Å². The molecule has 0 radical (unpaired) electrons. The number of nitrogens with zero attached hydrogens (tertiary/aromatic N) is 3. The number of aryl methyl sites for hydroxylation is 1. The van der Waals surface area contributed by atoms with Crippen LogP contribution in [0.2, 0.25) is 0 Å². The second kappa shape index (κ2) is 5.66. The van der Waals surface area contributed by atoms with Gasteiger partial charge in [-0.05, 0) is 36.8 Å². The highest BCUT2D eigenvalue weighted by molar-refractivity contribution is 5.56. The minimum atomic E-state index is 0.384. The van der Waals surface area contributed by atoms with E-state index in [0.29, 0.717) is 17.7 Å². The summed E-state index contributed by atoms with van der Waals surface area (Å²) < 4.78 is 0. The van der Waals surface area contributed by atoms with E-state index in [9.17, 15) is 0 Å². The Kier molecular flexibility index (Phi) is 3.75. The van der Waals surface area contributed by atoms with E-state index in [-0.39, 0.29) is 0 Å². The number of nitrogens with one attached hydrogen (secondary N) is 1. The van der Waals surface area contributed by atoms with Crippen LogP contribution in [-0.4, -0.2) is 4.98 Å².